The number of hydrogen-bond acceptors (Lipinski definition) is 0. The van der Waals surface area contributed by atoms with Gasteiger partial charge in [-0.2, -0.15) is 0 Å². The average Bonchev–Trinajstić information content (AvgIpc) is 3.36. The molecule has 1 aromatic heterocycles. The predicted molar refractivity (Wildman–Crippen MR) is 119 cm³/mol. The molecule has 0 atom stereocenters. The van der Waals surface area contributed by atoms with Crippen molar-refractivity contribution in [3.05, 3.63) is 112 Å². The van der Waals surface area contributed by atoms with Crippen molar-refractivity contribution in [2.75, 3.05) is 0 Å². The lowest BCUT2D eigenvalue weighted by Crippen LogP contribution is -2.42. The van der Waals surface area contributed by atoms with Crippen molar-refractivity contribution >= 4 is 23.2 Å². The predicted octanol–water partition coefficient (Wildman–Crippen LogP) is 6.33. The van der Waals surface area contributed by atoms with Crippen molar-refractivity contribution < 1.29 is 4.57 Å². The molecule has 0 saturated carbocycles. The summed E-state index contributed by atoms with van der Waals surface area (Å²) in [7, 11) is 0. The minimum atomic E-state index is 0.133. The molecule has 0 amide bonds. The van der Waals surface area contributed by atoms with Crippen molar-refractivity contribution in [1.82, 2.24) is 4.57 Å². The van der Waals surface area contributed by atoms with Crippen LogP contribution in [0.4, 0.5) is 0 Å². The van der Waals surface area contributed by atoms with Crippen LogP contribution in [0.25, 0.3) is 11.3 Å². The summed E-state index contributed by atoms with van der Waals surface area (Å²) in [6.07, 6.45) is 4.50. The smallest absolute Gasteiger partial charge is 0.227 e. The van der Waals surface area contributed by atoms with Crippen LogP contribution in [0.5, 0.6) is 0 Å². The first-order valence-corrected chi connectivity index (χ1v) is 10.7. The van der Waals surface area contributed by atoms with Gasteiger partial charge in [-0.05, 0) is 24.6 Å². The first-order chi connectivity index (χ1) is 14.2. The maximum Gasteiger partial charge on any atom is 0.257 e. The minimum absolute atomic E-state index is 0.133. The van der Waals surface area contributed by atoms with Crippen LogP contribution in [0.2, 0.25) is 10.0 Å². The third kappa shape index (κ3) is 3.37. The third-order valence-electron chi connectivity index (χ3n) is 5.67. The van der Waals surface area contributed by atoms with E-state index in [0.29, 0.717) is 10.0 Å². The van der Waals surface area contributed by atoms with Gasteiger partial charge in [-0.1, -0.05) is 83.9 Å². The molecule has 5 rings (SSSR count). The van der Waals surface area contributed by atoms with E-state index in [4.69, 9.17) is 23.2 Å². The molecule has 0 unspecified atom stereocenters. The van der Waals surface area contributed by atoms with Gasteiger partial charge in [-0.15, -0.1) is 0 Å². The minimum Gasteiger partial charge on any atom is -0.227 e. The molecule has 2 heterocycles. The molecule has 4 heteroatoms. The molecule has 0 spiro atoms. The highest BCUT2D eigenvalue weighted by atomic mass is 35.5. The Bertz CT molecular complexity index is 1110. The molecule has 0 aliphatic carbocycles. The summed E-state index contributed by atoms with van der Waals surface area (Å²) in [6.45, 7) is 1.02. The standard InChI is InChI=1S/C25H21Cl2N2/c26-21-14-13-20(16-22(21)27)23-17-29(24-12-7-15-28(23)24)25(18-8-3-1-4-9-18)19-10-5-2-6-11-19/h1-6,8-11,13-14,16-17,25H,7,12,15H2/q+1. The molecule has 29 heavy (non-hydrogen) atoms. The zero-order valence-electron chi connectivity index (χ0n) is 15.9. The largest absolute Gasteiger partial charge is 0.257 e. The van der Waals surface area contributed by atoms with E-state index in [0.717, 1.165) is 24.9 Å². The van der Waals surface area contributed by atoms with Crippen LogP contribution in [0, 0.1) is 0 Å². The summed E-state index contributed by atoms with van der Waals surface area (Å²) in [5.74, 6) is 1.35. The van der Waals surface area contributed by atoms with Gasteiger partial charge < -0.3 is 0 Å². The fourth-order valence-corrected chi connectivity index (χ4v) is 4.66. The van der Waals surface area contributed by atoms with Crippen LogP contribution >= 0.6 is 23.2 Å². The van der Waals surface area contributed by atoms with Gasteiger partial charge in [-0.3, -0.25) is 0 Å². The van der Waals surface area contributed by atoms with Crippen molar-refractivity contribution in [1.29, 1.82) is 0 Å². The average molecular weight is 420 g/mol. The van der Waals surface area contributed by atoms with Gasteiger partial charge in [0.15, 0.2) is 11.7 Å². The normalized spacial score (nSPS) is 13.1. The molecule has 1 aliphatic heterocycles. The first kappa shape index (κ1) is 18.5. The number of imidazole rings is 1. The lowest BCUT2D eigenvalue weighted by Gasteiger charge is -2.16. The molecule has 0 fully saturated rings. The Balaban J connectivity index is 1.71. The zero-order valence-corrected chi connectivity index (χ0v) is 17.4. The molecule has 4 aromatic rings. The Hall–Kier alpha value is -2.55. The van der Waals surface area contributed by atoms with Crippen LogP contribution in [-0.2, 0) is 13.0 Å². The summed E-state index contributed by atoms with van der Waals surface area (Å²) in [5, 5.41) is 1.18. The molecule has 0 radical (unpaired) electrons. The van der Waals surface area contributed by atoms with Gasteiger partial charge in [0.2, 0.25) is 0 Å². The van der Waals surface area contributed by atoms with Crippen LogP contribution < -0.4 is 4.57 Å². The van der Waals surface area contributed by atoms with Crippen molar-refractivity contribution in [3.63, 3.8) is 0 Å². The third-order valence-corrected chi connectivity index (χ3v) is 6.41. The number of hydrogen-bond donors (Lipinski definition) is 0. The number of halogens is 2. The molecule has 1 aliphatic rings. The molecule has 0 bridgehead atoms. The number of nitrogens with zero attached hydrogens (tertiary/aromatic N) is 2. The van der Waals surface area contributed by atoms with Crippen LogP contribution in [0.3, 0.4) is 0 Å². The van der Waals surface area contributed by atoms with Crippen molar-refractivity contribution in [3.8, 4) is 11.3 Å². The zero-order chi connectivity index (χ0) is 19.8. The second kappa shape index (κ2) is 7.70. The summed E-state index contributed by atoms with van der Waals surface area (Å²) >= 11 is 12.5. The quantitative estimate of drug-likeness (QED) is 0.341. The van der Waals surface area contributed by atoms with E-state index in [1.165, 1.54) is 22.6 Å². The van der Waals surface area contributed by atoms with Gasteiger partial charge in [0, 0.05) is 16.7 Å². The number of fused-ring (bicyclic) bond motifs is 1. The highest BCUT2D eigenvalue weighted by molar-refractivity contribution is 6.42. The Kier molecular flexibility index (Phi) is 4.91. The van der Waals surface area contributed by atoms with Crippen molar-refractivity contribution in [2.24, 2.45) is 0 Å². The summed E-state index contributed by atoms with van der Waals surface area (Å²) in [4.78, 5) is 0. The van der Waals surface area contributed by atoms with Crippen LogP contribution in [0.15, 0.2) is 85.1 Å². The number of benzene rings is 3. The molecule has 3 aromatic carbocycles. The van der Waals surface area contributed by atoms with E-state index < -0.39 is 0 Å². The van der Waals surface area contributed by atoms with E-state index in [2.05, 4.69) is 82.1 Å². The van der Waals surface area contributed by atoms with Gasteiger partial charge in [0.25, 0.3) is 5.82 Å². The van der Waals surface area contributed by atoms with Gasteiger partial charge in [0.05, 0.1) is 23.0 Å². The monoisotopic (exact) mass is 419 g/mol. The Labute approximate surface area is 181 Å². The van der Waals surface area contributed by atoms with E-state index in [1.54, 1.807) is 0 Å². The van der Waals surface area contributed by atoms with Gasteiger partial charge in [0.1, 0.15) is 6.20 Å². The molecular formula is C25H21Cl2N2+. The Morgan fingerprint density at radius 3 is 2.07 bits per heavy atom. The molecule has 0 N–H and O–H groups in total. The molecule has 2 nitrogen and oxygen atoms in total. The molecule has 0 saturated heterocycles. The fourth-order valence-electron chi connectivity index (χ4n) is 4.36. The van der Waals surface area contributed by atoms with E-state index >= 15 is 0 Å². The molecule has 144 valence electrons. The highest BCUT2D eigenvalue weighted by Crippen LogP contribution is 2.32. The van der Waals surface area contributed by atoms with E-state index in [-0.39, 0.29) is 6.04 Å². The van der Waals surface area contributed by atoms with E-state index in [1.807, 2.05) is 12.1 Å². The van der Waals surface area contributed by atoms with E-state index in [9.17, 15) is 0 Å². The van der Waals surface area contributed by atoms with Crippen LogP contribution in [-0.4, -0.2) is 4.57 Å². The first-order valence-electron chi connectivity index (χ1n) is 9.91. The van der Waals surface area contributed by atoms with Crippen LogP contribution in [0.1, 0.15) is 29.4 Å². The second-order valence-electron chi connectivity index (χ2n) is 7.45. The SMILES string of the molecule is Clc1ccc(-c2c[n+](C(c3ccccc3)c3ccccc3)c3n2CCC3)cc1Cl. The maximum atomic E-state index is 6.33. The van der Waals surface area contributed by atoms with Gasteiger partial charge in [-0.25, -0.2) is 9.13 Å². The lowest BCUT2D eigenvalue weighted by molar-refractivity contribution is -0.710. The maximum absolute atomic E-state index is 6.33. The Morgan fingerprint density at radius 1 is 0.793 bits per heavy atom. The fraction of sp³-hybridized carbons (Fsp3) is 0.160. The molecular weight excluding hydrogens is 399 g/mol. The summed E-state index contributed by atoms with van der Waals surface area (Å²) in [6, 6.07) is 27.5. The number of rotatable bonds is 4. The lowest BCUT2D eigenvalue weighted by atomic mass is 9.98. The summed E-state index contributed by atoms with van der Waals surface area (Å²) in [5.41, 5.74) is 4.85. The van der Waals surface area contributed by atoms with Gasteiger partial charge >= 0.3 is 0 Å². The van der Waals surface area contributed by atoms with Crippen molar-refractivity contribution in [2.45, 2.75) is 25.4 Å². The topological polar surface area (TPSA) is 8.81 Å². The second-order valence-corrected chi connectivity index (χ2v) is 8.26. The highest BCUT2D eigenvalue weighted by Gasteiger charge is 2.33. The summed E-state index contributed by atoms with van der Waals surface area (Å²) < 4.78 is 4.87. The number of aromatic nitrogens is 2. The Morgan fingerprint density at radius 2 is 1.45 bits per heavy atom.